The van der Waals surface area contributed by atoms with Gasteiger partial charge in [-0.3, -0.25) is 9.59 Å². The summed E-state index contributed by atoms with van der Waals surface area (Å²) in [5, 5.41) is 0. The van der Waals surface area contributed by atoms with E-state index in [9.17, 15) is 14.4 Å². The minimum absolute atomic E-state index is 0.0452. The van der Waals surface area contributed by atoms with Crippen LogP contribution < -0.4 is 10.5 Å². The lowest BCUT2D eigenvalue weighted by Gasteiger charge is -2.17. The highest BCUT2D eigenvalue weighted by atomic mass is 16.5. The van der Waals surface area contributed by atoms with Gasteiger partial charge in [0.25, 0.3) is 5.56 Å². The van der Waals surface area contributed by atoms with Crippen molar-refractivity contribution >= 4 is 28.6 Å². The third kappa shape index (κ3) is 3.40. The van der Waals surface area contributed by atoms with Crippen molar-refractivity contribution in [1.82, 2.24) is 9.55 Å². The SMILES string of the molecule is CCOC(=O)c1nc2cc3c(cc2n(Cc2ccccc2)c1=O)N(C(C)=O)CC3. The van der Waals surface area contributed by atoms with E-state index in [4.69, 9.17) is 4.74 Å². The van der Waals surface area contributed by atoms with Crippen molar-refractivity contribution in [2.75, 3.05) is 18.1 Å². The first-order valence-corrected chi connectivity index (χ1v) is 9.56. The topological polar surface area (TPSA) is 81.5 Å². The highest BCUT2D eigenvalue weighted by Gasteiger charge is 2.26. The van der Waals surface area contributed by atoms with E-state index in [1.54, 1.807) is 11.8 Å². The lowest BCUT2D eigenvalue weighted by molar-refractivity contribution is -0.116. The van der Waals surface area contributed by atoms with Gasteiger partial charge >= 0.3 is 5.97 Å². The second-order valence-corrected chi connectivity index (χ2v) is 6.95. The first kappa shape index (κ1) is 18.9. The molecule has 2 heterocycles. The van der Waals surface area contributed by atoms with Gasteiger partial charge in [-0.25, -0.2) is 9.78 Å². The molecule has 0 bridgehead atoms. The van der Waals surface area contributed by atoms with Crippen molar-refractivity contribution in [3.05, 3.63) is 69.6 Å². The minimum atomic E-state index is -0.730. The molecule has 0 atom stereocenters. The van der Waals surface area contributed by atoms with Crippen molar-refractivity contribution in [3.8, 4) is 0 Å². The van der Waals surface area contributed by atoms with Crippen LogP contribution in [0.1, 0.15) is 35.5 Å². The number of hydrogen-bond donors (Lipinski definition) is 0. The fourth-order valence-corrected chi connectivity index (χ4v) is 3.71. The van der Waals surface area contributed by atoms with E-state index in [0.29, 0.717) is 24.0 Å². The number of carbonyl (C=O) groups is 2. The summed E-state index contributed by atoms with van der Waals surface area (Å²) in [6.45, 7) is 4.25. The van der Waals surface area contributed by atoms with Gasteiger partial charge in [0.2, 0.25) is 11.6 Å². The van der Waals surface area contributed by atoms with E-state index < -0.39 is 11.5 Å². The Morgan fingerprint density at radius 1 is 1.17 bits per heavy atom. The lowest BCUT2D eigenvalue weighted by Crippen LogP contribution is -2.30. The smallest absolute Gasteiger partial charge is 0.362 e. The molecule has 1 aromatic heterocycles. The Kier molecular flexibility index (Phi) is 4.88. The molecule has 0 unspecified atom stereocenters. The quantitative estimate of drug-likeness (QED) is 0.639. The van der Waals surface area contributed by atoms with E-state index in [-0.39, 0.29) is 24.8 Å². The molecule has 148 valence electrons. The number of aromatic nitrogens is 2. The van der Waals surface area contributed by atoms with E-state index in [1.165, 1.54) is 11.5 Å². The highest BCUT2D eigenvalue weighted by Crippen LogP contribution is 2.32. The van der Waals surface area contributed by atoms with E-state index in [0.717, 1.165) is 16.8 Å². The molecular formula is C22H21N3O4. The largest absolute Gasteiger partial charge is 0.461 e. The number of carbonyl (C=O) groups excluding carboxylic acids is 2. The minimum Gasteiger partial charge on any atom is -0.461 e. The predicted molar refractivity (Wildman–Crippen MR) is 109 cm³/mol. The summed E-state index contributed by atoms with van der Waals surface area (Å²) < 4.78 is 6.57. The average molecular weight is 391 g/mol. The molecule has 29 heavy (non-hydrogen) atoms. The van der Waals surface area contributed by atoms with Gasteiger partial charge < -0.3 is 14.2 Å². The number of ether oxygens (including phenoxy) is 1. The molecule has 1 amide bonds. The number of anilines is 1. The number of esters is 1. The normalized spacial score (nSPS) is 12.8. The van der Waals surface area contributed by atoms with E-state index in [2.05, 4.69) is 4.98 Å². The van der Waals surface area contributed by atoms with Gasteiger partial charge in [0, 0.05) is 19.2 Å². The Hall–Kier alpha value is -3.48. The summed E-state index contributed by atoms with van der Waals surface area (Å²) in [6, 6.07) is 13.2. The number of fused-ring (bicyclic) bond motifs is 2. The summed E-state index contributed by atoms with van der Waals surface area (Å²) in [4.78, 5) is 43.5. The maximum absolute atomic E-state index is 13.1. The summed E-state index contributed by atoms with van der Waals surface area (Å²) >= 11 is 0. The first-order valence-electron chi connectivity index (χ1n) is 9.56. The van der Waals surface area contributed by atoms with Crippen molar-refractivity contribution in [2.45, 2.75) is 26.8 Å². The molecule has 7 nitrogen and oxygen atoms in total. The molecular weight excluding hydrogens is 370 g/mol. The zero-order valence-corrected chi connectivity index (χ0v) is 16.3. The molecule has 0 saturated carbocycles. The van der Waals surface area contributed by atoms with Crippen LogP contribution in [0.15, 0.2) is 47.3 Å². The van der Waals surface area contributed by atoms with Crippen molar-refractivity contribution < 1.29 is 14.3 Å². The van der Waals surface area contributed by atoms with Gasteiger partial charge in [-0.2, -0.15) is 0 Å². The van der Waals surface area contributed by atoms with E-state index >= 15 is 0 Å². The third-order valence-corrected chi connectivity index (χ3v) is 5.07. The maximum Gasteiger partial charge on any atom is 0.362 e. The Balaban J connectivity index is 1.96. The fourth-order valence-electron chi connectivity index (χ4n) is 3.71. The van der Waals surface area contributed by atoms with Crippen molar-refractivity contribution in [1.29, 1.82) is 0 Å². The van der Waals surface area contributed by atoms with Gasteiger partial charge in [-0.1, -0.05) is 30.3 Å². The molecule has 0 N–H and O–H groups in total. The molecule has 1 aliphatic rings. The molecule has 0 fully saturated rings. The molecule has 0 spiro atoms. The third-order valence-electron chi connectivity index (χ3n) is 5.07. The molecule has 1 aliphatic heterocycles. The number of hydrogen-bond acceptors (Lipinski definition) is 5. The maximum atomic E-state index is 13.1. The summed E-state index contributed by atoms with van der Waals surface area (Å²) in [6.07, 6.45) is 0.707. The van der Waals surface area contributed by atoms with Gasteiger partial charge in [-0.05, 0) is 36.6 Å². The monoisotopic (exact) mass is 391 g/mol. The van der Waals surface area contributed by atoms with Gasteiger partial charge in [0.1, 0.15) is 0 Å². The molecule has 4 rings (SSSR count). The van der Waals surface area contributed by atoms with Crippen LogP contribution in [0.2, 0.25) is 0 Å². The van der Waals surface area contributed by atoms with Crippen LogP contribution in [-0.2, 0) is 22.5 Å². The first-order chi connectivity index (χ1) is 14.0. The Morgan fingerprint density at radius 3 is 2.62 bits per heavy atom. The second kappa shape index (κ2) is 7.50. The highest BCUT2D eigenvalue weighted by molar-refractivity contribution is 5.97. The molecule has 7 heteroatoms. The number of amides is 1. The lowest BCUT2D eigenvalue weighted by atomic mass is 10.1. The summed E-state index contributed by atoms with van der Waals surface area (Å²) in [5.74, 6) is -0.775. The van der Waals surface area contributed by atoms with Crippen LogP contribution in [0.3, 0.4) is 0 Å². The molecule has 0 saturated heterocycles. The number of benzene rings is 2. The fraction of sp³-hybridized carbons (Fsp3) is 0.273. The number of rotatable bonds is 4. The Labute approximate surface area is 167 Å². The number of nitrogens with zero attached hydrogens (tertiary/aromatic N) is 3. The van der Waals surface area contributed by atoms with Gasteiger partial charge in [-0.15, -0.1) is 0 Å². The molecule has 0 radical (unpaired) electrons. The molecule has 0 aliphatic carbocycles. The van der Waals surface area contributed by atoms with Gasteiger partial charge in [0.15, 0.2) is 0 Å². The van der Waals surface area contributed by atoms with Crippen molar-refractivity contribution in [2.24, 2.45) is 0 Å². The van der Waals surface area contributed by atoms with Crippen LogP contribution in [0.25, 0.3) is 11.0 Å². The standard InChI is InChI=1S/C22H21N3O4/c1-3-29-22(28)20-21(27)25(13-15-7-5-4-6-8-15)19-12-18-16(11-17(19)23-20)9-10-24(18)14(2)26/h4-8,11-12H,3,9-10,13H2,1-2H3. The Bertz CT molecular complexity index is 1170. The van der Waals surface area contributed by atoms with E-state index in [1.807, 2.05) is 42.5 Å². The Morgan fingerprint density at radius 2 is 1.93 bits per heavy atom. The van der Waals surface area contributed by atoms with Crippen LogP contribution >= 0.6 is 0 Å². The summed E-state index contributed by atoms with van der Waals surface area (Å²) in [5.41, 5.74) is 3.06. The zero-order valence-electron chi connectivity index (χ0n) is 16.3. The molecule has 2 aromatic carbocycles. The van der Waals surface area contributed by atoms with Crippen LogP contribution in [-0.4, -0.2) is 34.6 Å². The second-order valence-electron chi connectivity index (χ2n) is 6.95. The predicted octanol–water partition coefficient (Wildman–Crippen LogP) is 2.53. The zero-order chi connectivity index (χ0) is 20.5. The van der Waals surface area contributed by atoms with Crippen LogP contribution in [0.4, 0.5) is 5.69 Å². The average Bonchev–Trinajstić information content (AvgIpc) is 3.12. The summed E-state index contributed by atoms with van der Waals surface area (Å²) in [7, 11) is 0. The van der Waals surface area contributed by atoms with Crippen LogP contribution in [0.5, 0.6) is 0 Å². The van der Waals surface area contributed by atoms with Crippen LogP contribution in [0, 0.1) is 0 Å². The van der Waals surface area contributed by atoms with Crippen molar-refractivity contribution in [3.63, 3.8) is 0 Å². The van der Waals surface area contributed by atoms with Gasteiger partial charge in [0.05, 0.1) is 24.2 Å². The molecule has 3 aromatic rings.